The van der Waals surface area contributed by atoms with Gasteiger partial charge in [0.2, 0.25) is 0 Å². The fourth-order valence-electron chi connectivity index (χ4n) is 2.44. The monoisotopic (exact) mass is 271 g/mol. The van der Waals surface area contributed by atoms with Crippen molar-refractivity contribution in [1.29, 1.82) is 0 Å². The van der Waals surface area contributed by atoms with Crippen LogP contribution in [0.3, 0.4) is 0 Å². The molecule has 0 bridgehead atoms. The summed E-state index contributed by atoms with van der Waals surface area (Å²) in [6.07, 6.45) is 5.29. The molecule has 0 radical (unpaired) electrons. The summed E-state index contributed by atoms with van der Waals surface area (Å²) in [5.41, 5.74) is 2.53. The summed E-state index contributed by atoms with van der Waals surface area (Å²) in [5.74, 6) is 0.735. The van der Waals surface area contributed by atoms with Gasteiger partial charge in [-0.15, -0.1) is 0 Å². The van der Waals surface area contributed by atoms with Crippen molar-refractivity contribution in [3.05, 3.63) is 53.9 Å². The van der Waals surface area contributed by atoms with Crippen LogP contribution >= 0.6 is 0 Å². The van der Waals surface area contributed by atoms with Crippen molar-refractivity contribution < 1.29 is 0 Å². The third-order valence-corrected chi connectivity index (χ3v) is 3.35. The van der Waals surface area contributed by atoms with E-state index in [1.807, 2.05) is 16.9 Å². The highest BCUT2D eigenvalue weighted by Gasteiger charge is 2.05. The standard InChI is InChI=1S/C17H25N3/c1-14(2)9-15(3)18-10-17-11-19-20(13-17)12-16-7-5-4-6-8-16/h4-8,11,13-15,18H,9-10,12H2,1-3H3. The van der Waals surface area contributed by atoms with Crippen LogP contribution in [0.4, 0.5) is 0 Å². The van der Waals surface area contributed by atoms with E-state index in [1.165, 1.54) is 17.5 Å². The van der Waals surface area contributed by atoms with Gasteiger partial charge < -0.3 is 5.32 Å². The van der Waals surface area contributed by atoms with Crippen molar-refractivity contribution in [3.8, 4) is 0 Å². The molecule has 0 aliphatic carbocycles. The Morgan fingerprint density at radius 1 is 1.10 bits per heavy atom. The zero-order chi connectivity index (χ0) is 14.4. The Bertz CT molecular complexity index is 502. The fraction of sp³-hybridized carbons (Fsp3) is 0.471. The molecule has 2 rings (SSSR count). The third kappa shape index (κ3) is 4.82. The molecule has 1 atom stereocenters. The predicted molar refractivity (Wildman–Crippen MR) is 83.5 cm³/mol. The van der Waals surface area contributed by atoms with Crippen molar-refractivity contribution in [2.75, 3.05) is 0 Å². The molecule has 0 aliphatic heterocycles. The second-order valence-corrected chi connectivity index (χ2v) is 5.94. The lowest BCUT2D eigenvalue weighted by molar-refractivity contribution is 0.441. The van der Waals surface area contributed by atoms with Crippen molar-refractivity contribution in [2.45, 2.75) is 46.3 Å². The Balaban J connectivity index is 1.83. The summed E-state index contributed by atoms with van der Waals surface area (Å²) < 4.78 is 2.00. The molecule has 0 aliphatic rings. The first-order chi connectivity index (χ1) is 9.63. The number of aromatic nitrogens is 2. The third-order valence-electron chi connectivity index (χ3n) is 3.35. The Kier molecular flexibility index (Phi) is 5.36. The van der Waals surface area contributed by atoms with Gasteiger partial charge in [0.15, 0.2) is 0 Å². The van der Waals surface area contributed by atoms with Crippen LogP contribution in [-0.4, -0.2) is 15.8 Å². The fourth-order valence-corrected chi connectivity index (χ4v) is 2.44. The highest BCUT2D eigenvalue weighted by Crippen LogP contribution is 2.07. The van der Waals surface area contributed by atoms with Crippen molar-refractivity contribution in [3.63, 3.8) is 0 Å². The minimum atomic E-state index is 0.549. The summed E-state index contributed by atoms with van der Waals surface area (Å²) in [5, 5.41) is 7.98. The first-order valence-corrected chi connectivity index (χ1v) is 7.42. The van der Waals surface area contributed by atoms with Gasteiger partial charge in [-0.1, -0.05) is 44.2 Å². The molecule has 1 heterocycles. The lowest BCUT2D eigenvalue weighted by Crippen LogP contribution is -2.26. The zero-order valence-electron chi connectivity index (χ0n) is 12.7. The van der Waals surface area contributed by atoms with E-state index in [9.17, 15) is 0 Å². The van der Waals surface area contributed by atoms with E-state index in [1.54, 1.807) is 0 Å². The van der Waals surface area contributed by atoms with Crippen LogP contribution < -0.4 is 5.32 Å². The van der Waals surface area contributed by atoms with Crippen LogP contribution in [0.5, 0.6) is 0 Å². The molecule has 1 aromatic carbocycles. The number of rotatable bonds is 7. The molecule has 0 spiro atoms. The second-order valence-electron chi connectivity index (χ2n) is 5.94. The summed E-state index contributed by atoms with van der Waals surface area (Å²) in [6.45, 7) is 8.49. The van der Waals surface area contributed by atoms with Gasteiger partial charge in [-0.2, -0.15) is 5.10 Å². The Labute approximate surface area is 122 Å². The average molecular weight is 271 g/mol. The topological polar surface area (TPSA) is 29.9 Å². The van der Waals surface area contributed by atoms with E-state index in [4.69, 9.17) is 0 Å². The van der Waals surface area contributed by atoms with Gasteiger partial charge in [0.05, 0.1) is 12.7 Å². The molecule has 108 valence electrons. The summed E-state index contributed by atoms with van der Waals surface area (Å²) in [6, 6.07) is 11.0. The maximum Gasteiger partial charge on any atom is 0.0659 e. The number of hydrogen-bond acceptors (Lipinski definition) is 2. The van der Waals surface area contributed by atoms with Crippen LogP contribution in [0.2, 0.25) is 0 Å². The normalized spacial score (nSPS) is 12.8. The van der Waals surface area contributed by atoms with E-state index >= 15 is 0 Å². The van der Waals surface area contributed by atoms with E-state index in [-0.39, 0.29) is 0 Å². The van der Waals surface area contributed by atoms with Gasteiger partial charge in [0, 0.05) is 24.3 Å². The first kappa shape index (κ1) is 14.8. The summed E-state index contributed by atoms with van der Waals surface area (Å²) in [4.78, 5) is 0. The summed E-state index contributed by atoms with van der Waals surface area (Å²) >= 11 is 0. The molecule has 1 N–H and O–H groups in total. The molecule has 0 fully saturated rings. The van der Waals surface area contributed by atoms with Crippen molar-refractivity contribution in [2.24, 2.45) is 5.92 Å². The molecule has 2 aromatic rings. The second kappa shape index (κ2) is 7.25. The Hall–Kier alpha value is -1.61. The van der Waals surface area contributed by atoms with E-state index in [2.05, 4.69) is 61.6 Å². The highest BCUT2D eigenvalue weighted by atomic mass is 15.3. The van der Waals surface area contributed by atoms with Gasteiger partial charge in [-0.3, -0.25) is 4.68 Å². The number of benzene rings is 1. The van der Waals surface area contributed by atoms with E-state index in [0.717, 1.165) is 19.0 Å². The molecule has 3 heteroatoms. The number of nitrogens with zero attached hydrogens (tertiary/aromatic N) is 2. The van der Waals surface area contributed by atoms with E-state index in [0.29, 0.717) is 6.04 Å². The van der Waals surface area contributed by atoms with Crippen LogP contribution in [0, 0.1) is 5.92 Å². The largest absolute Gasteiger partial charge is 0.310 e. The molecule has 20 heavy (non-hydrogen) atoms. The van der Waals surface area contributed by atoms with Crippen LogP contribution in [0.1, 0.15) is 38.3 Å². The van der Waals surface area contributed by atoms with Gasteiger partial charge in [0.25, 0.3) is 0 Å². The highest BCUT2D eigenvalue weighted by molar-refractivity contribution is 5.15. The molecule has 1 unspecified atom stereocenters. The lowest BCUT2D eigenvalue weighted by Gasteiger charge is -2.15. The van der Waals surface area contributed by atoms with Crippen LogP contribution in [0.25, 0.3) is 0 Å². The van der Waals surface area contributed by atoms with Crippen molar-refractivity contribution >= 4 is 0 Å². The number of hydrogen-bond donors (Lipinski definition) is 1. The molecule has 0 amide bonds. The number of nitrogens with one attached hydrogen (secondary N) is 1. The maximum absolute atomic E-state index is 4.43. The minimum absolute atomic E-state index is 0.549. The van der Waals surface area contributed by atoms with Gasteiger partial charge in [-0.05, 0) is 24.8 Å². The van der Waals surface area contributed by atoms with Crippen LogP contribution in [-0.2, 0) is 13.1 Å². The smallest absolute Gasteiger partial charge is 0.0659 e. The predicted octanol–water partition coefficient (Wildman–Crippen LogP) is 3.46. The van der Waals surface area contributed by atoms with Gasteiger partial charge in [0.1, 0.15) is 0 Å². The lowest BCUT2D eigenvalue weighted by atomic mass is 10.1. The minimum Gasteiger partial charge on any atom is -0.310 e. The quantitative estimate of drug-likeness (QED) is 0.836. The molecule has 0 saturated carbocycles. The van der Waals surface area contributed by atoms with Crippen LogP contribution in [0.15, 0.2) is 42.7 Å². The van der Waals surface area contributed by atoms with Crippen molar-refractivity contribution in [1.82, 2.24) is 15.1 Å². The molecule has 1 aromatic heterocycles. The molecular weight excluding hydrogens is 246 g/mol. The van der Waals surface area contributed by atoms with E-state index < -0.39 is 0 Å². The Morgan fingerprint density at radius 2 is 1.85 bits per heavy atom. The van der Waals surface area contributed by atoms with Gasteiger partial charge >= 0.3 is 0 Å². The molecule has 0 saturated heterocycles. The average Bonchev–Trinajstić information content (AvgIpc) is 2.84. The SMILES string of the molecule is CC(C)CC(C)NCc1cnn(Cc2ccccc2)c1. The maximum atomic E-state index is 4.43. The zero-order valence-corrected chi connectivity index (χ0v) is 12.7. The summed E-state index contributed by atoms with van der Waals surface area (Å²) in [7, 11) is 0. The van der Waals surface area contributed by atoms with Gasteiger partial charge in [-0.25, -0.2) is 0 Å². The molecule has 3 nitrogen and oxygen atoms in total. The molecular formula is C17H25N3. The Morgan fingerprint density at radius 3 is 2.55 bits per heavy atom. The first-order valence-electron chi connectivity index (χ1n) is 7.42.